The lowest BCUT2D eigenvalue weighted by atomic mass is 10.2. The Balaban J connectivity index is 1.78. The maximum Gasteiger partial charge on any atom is 0.206 e. The minimum absolute atomic E-state index is 0.147. The van der Waals surface area contributed by atoms with Crippen molar-refractivity contribution in [3.8, 4) is 0 Å². The van der Waals surface area contributed by atoms with Gasteiger partial charge in [-0.05, 0) is 42.9 Å². The van der Waals surface area contributed by atoms with E-state index in [9.17, 15) is 4.39 Å². The summed E-state index contributed by atoms with van der Waals surface area (Å²) < 4.78 is 16.7. The lowest BCUT2D eigenvalue weighted by Crippen LogP contribution is -2.45. The molecule has 4 nitrogen and oxygen atoms in total. The second-order valence-electron chi connectivity index (χ2n) is 6.67. The van der Waals surface area contributed by atoms with E-state index in [1.807, 2.05) is 12.1 Å². The van der Waals surface area contributed by atoms with Crippen LogP contribution in [0.5, 0.6) is 0 Å². The summed E-state index contributed by atoms with van der Waals surface area (Å²) in [5.41, 5.74) is 2.95. The molecule has 0 N–H and O–H groups in total. The molecule has 0 aliphatic carbocycles. The van der Waals surface area contributed by atoms with Crippen LogP contribution in [0.15, 0.2) is 40.9 Å². The molecule has 1 aromatic heterocycles. The standard InChI is InChI=1S/C19H19BrClFN4/c1-24-6-8-25(9-7-24)19-23-17-5-3-14(20)11-18(17)26(19)12-13-2-4-16(22)15(21)10-13/h2-5,10-11H,6-9,12H2,1H3. The van der Waals surface area contributed by atoms with Gasteiger partial charge in [0.15, 0.2) is 0 Å². The highest BCUT2D eigenvalue weighted by atomic mass is 79.9. The molecule has 0 radical (unpaired) electrons. The Morgan fingerprint density at radius 1 is 1.12 bits per heavy atom. The van der Waals surface area contributed by atoms with Gasteiger partial charge in [-0.1, -0.05) is 33.6 Å². The van der Waals surface area contributed by atoms with Crippen LogP contribution in [0.25, 0.3) is 11.0 Å². The molecule has 0 spiro atoms. The third-order valence-corrected chi connectivity index (χ3v) is 5.58. The summed E-state index contributed by atoms with van der Waals surface area (Å²) >= 11 is 9.53. The van der Waals surface area contributed by atoms with Crippen molar-refractivity contribution in [1.82, 2.24) is 14.5 Å². The number of aromatic nitrogens is 2. The summed E-state index contributed by atoms with van der Waals surface area (Å²) in [4.78, 5) is 9.52. The number of rotatable bonds is 3. The largest absolute Gasteiger partial charge is 0.340 e. The molecule has 26 heavy (non-hydrogen) atoms. The van der Waals surface area contributed by atoms with Crippen molar-refractivity contribution in [1.29, 1.82) is 0 Å². The summed E-state index contributed by atoms with van der Waals surface area (Å²) in [5, 5.41) is 0.147. The van der Waals surface area contributed by atoms with Crippen LogP contribution in [-0.4, -0.2) is 47.7 Å². The molecule has 0 amide bonds. The van der Waals surface area contributed by atoms with Gasteiger partial charge in [-0.15, -0.1) is 0 Å². The first-order chi connectivity index (χ1) is 12.5. The summed E-state index contributed by atoms with van der Waals surface area (Å²) in [6, 6.07) is 11.0. The van der Waals surface area contributed by atoms with E-state index < -0.39 is 5.82 Å². The van der Waals surface area contributed by atoms with Crippen molar-refractivity contribution in [2.75, 3.05) is 38.1 Å². The molecule has 0 saturated carbocycles. The molecule has 3 aromatic rings. The Kier molecular flexibility index (Phi) is 4.90. The zero-order chi connectivity index (χ0) is 18.3. The highest BCUT2D eigenvalue weighted by molar-refractivity contribution is 9.10. The van der Waals surface area contributed by atoms with E-state index in [-0.39, 0.29) is 5.02 Å². The van der Waals surface area contributed by atoms with Crippen molar-refractivity contribution in [3.05, 3.63) is 57.3 Å². The van der Waals surface area contributed by atoms with Gasteiger partial charge >= 0.3 is 0 Å². The molecular weight excluding hydrogens is 419 g/mol. The first-order valence-corrected chi connectivity index (χ1v) is 9.71. The summed E-state index contributed by atoms with van der Waals surface area (Å²) in [6.07, 6.45) is 0. The zero-order valence-corrected chi connectivity index (χ0v) is 16.8. The first-order valence-electron chi connectivity index (χ1n) is 8.54. The number of likely N-dealkylation sites (N-methyl/N-ethyl adjacent to an activating group) is 1. The van der Waals surface area contributed by atoms with E-state index in [4.69, 9.17) is 16.6 Å². The Labute approximate surface area is 165 Å². The van der Waals surface area contributed by atoms with Gasteiger partial charge in [0.25, 0.3) is 0 Å². The second-order valence-corrected chi connectivity index (χ2v) is 7.99. The average Bonchev–Trinajstić information content (AvgIpc) is 2.97. The number of benzene rings is 2. The Morgan fingerprint density at radius 2 is 1.88 bits per heavy atom. The van der Waals surface area contributed by atoms with E-state index in [0.717, 1.165) is 53.2 Å². The Morgan fingerprint density at radius 3 is 2.62 bits per heavy atom. The quantitative estimate of drug-likeness (QED) is 0.607. The number of imidazole rings is 1. The van der Waals surface area contributed by atoms with Crippen LogP contribution in [0, 0.1) is 5.82 Å². The maximum absolute atomic E-state index is 13.5. The summed E-state index contributed by atoms with van der Waals surface area (Å²) in [5.74, 6) is 0.555. The third-order valence-electron chi connectivity index (χ3n) is 4.80. The van der Waals surface area contributed by atoms with Gasteiger partial charge in [-0.3, -0.25) is 0 Å². The summed E-state index contributed by atoms with van der Waals surface area (Å²) in [7, 11) is 2.14. The molecule has 1 fully saturated rings. The van der Waals surface area contributed by atoms with Gasteiger partial charge in [0, 0.05) is 30.7 Å². The van der Waals surface area contributed by atoms with Crippen molar-refractivity contribution in [3.63, 3.8) is 0 Å². The number of nitrogens with zero attached hydrogens (tertiary/aromatic N) is 4. The van der Waals surface area contributed by atoms with E-state index in [0.29, 0.717) is 6.54 Å². The molecule has 0 atom stereocenters. The fourth-order valence-electron chi connectivity index (χ4n) is 3.31. The minimum Gasteiger partial charge on any atom is -0.340 e. The van der Waals surface area contributed by atoms with Gasteiger partial charge in [0.2, 0.25) is 5.95 Å². The van der Waals surface area contributed by atoms with Gasteiger partial charge in [0.1, 0.15) is 5.82 Å². The smallest absolute Gasteiger partial charge is 0.206 e. The minimum atomic E-state index is -0.395. The fraction of sp³-hybridized carbons (Fsp3) is 0.316. The molecule has 0 bridgehead atoms. The lowest BCUT2D eigenvalue weighted by Gasteiger charge is -2.33. The normalized spacial score (nSPS) is 15.8. The molecule has 0 unspecified atom stereocenters. The van der Waals surface area contributed by atoms with Crippen LogP contribution in [0.4, 0.5) is 10.3 Å². The number of anilines is 1. The van der Waals surface area contributed by atoms with Crippen molar-refractivity contribution in [2.24, 2.45) is 0 Å². The van der Waals surface area contributed by atoms with Crippen LogP contribution in [-0.2, 0) is 6.54 Å². The summed E-state index contributed by atoms with van der Waals surface area (Å²) in [6.45, 7) is 4.48. The van der Waals surface area contributed by atoms with Crippen molar-refractivity contribution >= 4 is 44.5 Å². The molecule has 7 heteroatoms. The van der Waals surface area contributed by atoms with Gasteiger partial charge in [-0.25, -0.2) is 9.37 Å². The highest BCUT2D eigenvalue weighted by Crippen LogP contribution is 2.28. The predicted octanol–water partition coefficient (Wildman–Crippen LogP) is 4.39. The van der Waals surface area contributed by atoms with E-state index in [2.05, 4.69) is 43.4 Å². The molecule has 4 rings (SSSR count). The van der Waals surface area contributed by atoms with Crippen molar-refractivity contribution < 1.29 is 4.39 Å². The molecule has 1 aliphatic heterocycles. The van der Waals surface area contributed by atoms with Crippen LogP contribution < -0.4 is 4.90 Å². The third kappa shape index (κ3) is 3.46. The second kappa shape index (κ2) is 7.18. The van der Waals surface area contributed by atoms with Crippen LogP contribution in [0.2, 0.25) is 5.02 Å². The molecule has 1 aliphatic rings. The number of halogens is 3. The highest BCUT2D eigenvalue weighted by Gasteiger charge is 2.21. The van der Waals surface area contributed by atoms with Crippen LogP contribution in [0.3, 0.4) is 0 Å². The van der Waals surface area contributed by atoms with Crippen LogP contribution in [0.1, 0.15) is 5.56 Å². The number of piperazine rings is 1. The topological polar surface area (TPSA) is 24.3 Å². The number of hydrogen-bond donors (Lipinski definition) is 0. The monoisotopic (exact) mass is 436 g/mol. The van der Waals surface area contributed by atoms with E-state index >= 15 is 0 Å². The Bertz CT molecular complexity index is 950. The molecule has 2 aromatic carbocycles. The molecule has 1 saturated heterocycles. The van der Waals surface area contributed by atoms with Gasteiger partial charge in [-0.2, -0.15) is 0 Å². The lowest BCUT2D eigenvalue weighted by molar-refractivity contribution is 0.310. The van der Waals surface area contributed by atoms with Gasteiger partial charge in [0.05, 0.1) is 22.6 Å². The fourth-order valence-corrected chi connectivity index (χ4v) is 3.86. The molecule has 2 heterocycles. The van der Waals surface area contributed by atoms with E-state index in [1.165, 1.54) is 6.07 Å². The SMILES string of the molecule is CN1CCN(c2nc3ccc(Br)cc3n2Cc2ccc(F)c(Cl)c2)CC1. The van der Waals surface area contributed by atoms with Gasteiger partial charge < -0.3 is 14.4 Å². The van der Waals surface area contributed by atoms with Crippen molar-refractivity contribution in [2.45, 2.75) is 6.54 Å². The number of fused-ring (bicyclic) bond motifs is 1. The predicted molar refractivity (Wildman–Crippen MR) is 108 cm³/mol. The van der Waals surface area contributed by atoms with Crippen LogP contribution >= 0.6 is 27.5 Å². The first kappa shape index (κ1) is 17.8. The maximum atomic E-state index is 13.5. The molecular formula is C19H19BrClFN4. The van der Waals surface area contributed by atoms with E-state index in [1.54, 1.807) is 12.1 Å². The average molecular weight is 438 g/mol. The zero-order valence-electron chi connectivity index (χ0n) is 14.4. The number of hydrogen-bond acceptors (Lipinski definition) is 3. The molecule has 136 valence electrons. The Hall–Kier alpha value is -1.63.